The Morgan fingerprint density at radius 3 is 1.35 bits per heavy atom. The highest BCUT2D eigenvalue weighted by atomic mass is 79.9. The Labute approximate surface area is 160 Å². The lowest BCUT2D eigenvalue weighted by atomic mass is 10.0. The van der Waals surface area contributed by atoms with Crippen molar-refractivity contribution in [2.75, 3.05) is 28.4 Å². The van der Waals surface area contributed by atoms with Gasteiger partial charge in [0.1, 0.15) is 4.83 Å². The molecule has 0 aliphatic carbocycles. The Kier molecular flexibility index (Phi) is 6.63. The van der Waals surface area contributed by atoms with E-state index < -0.39 is 4.83 Å². The molecule has 0 unspecified atom stereocenters. The first-order valence-electron chi connectivity index (χ1n) is 7.63. The first-order valence-corrected chi connectivity index (χ1v) is 8.55. The molecule has 0 saturated heterocycles. The van der Waals surface area contributed by atoms with Crippen LogP contribution in [0.4, 0.5) is 0 Å². The third-order valence-electron chi connectivity index (χ3n) is 3.80. The summed E-state index contributed by atoms with van der Waals surface area (Å²) in [6.07, 6.45) is 0. The van der Waals surface area contributed by atoms with Crippen LogP contribution in [-0.2, 0) is 0 Å². The number of carbonyl (C=O) groups is 2. The molecule has 2 rings (SSSR count). The Bertz CT molecular complexity index is 750. The van der Waals surface area contributed by atoms with Crippen molar-refractivity contribution in [1.29, 1.82) is 0 Å². The summed E-state index contributed by atoms with van der Waals surface area (Å²) in [6, 6.07) is 9.48. The molecule has 0 aliphatic heterocycles. The molecular formula is C19H19BrO6. The average molecular weight is 423 g/mol. The summed E-state index contributed by atoms with van der Waals surface area (Å²) in [5.41, 5.74) is 0.664. The maximum Gasteiger partial charge on any atom is 0.184 e. The molecule has 0 radical (unpaired) electrons. The fourth-order valence-corrected chi connectivity index (χ4v) is 2.92. The van der Waals surface area contributed by atoms with Crippen molar-refractivity contribution < 1.29 is 28.5 Å². The lowest BCUT2D eigenvalue weighted by Crippen LogP contribution is -2.24. The van der Waals surface area contributed by atoms with Crippen LogP contribution in [0.3, 0.4) is 0 Å². The summed E-state index contributed by atoms with van der Waals surface area (Å²) in [6.45, 7) is 0. The molecule has 0 amide bonds. The van der Waals surface area contributed by atoms with E-state index in [1.54, 1.807) is 24.3 Å². The van der Waals surface area contributed by atoms with Gasteiger partial charge in [-0.25, -0.2) is 0 Å². The van der Waals surface area contributed by atoms with Gasteiger partial charge in [0, 0.05) is 11.1 Å². The van der Waals surface area contributed by atoms with Gasteiger partial charge in [0.25, 0.3) is 0 Å². The number of hydrogen-bond acceptors (Lipinski definition) is 6. The summed E-state index contributed by atoms with van der Waals surface area (Å²) in [5, 5.41) is 0. The van der Waals surface area contributed by atoms with Crippen LogP contribution < -0.4 is 18.9 Å². The number of alkyl halides is 1. The molecule has 0 aliphatic rings. The van der Waals surface area contributed by atoms with E-state index in [4.69, 9.17) is 18.9 Å². The van der Waals surface area contributed by atoms with Crippen LogP contribution in [0.5, 0.6) is 23.0 Å². The summed E-state index contributed by atoms with van der Waals surface area (Å²) >= 11 is 3.20. The summed E-state index contributed by atoms with van der Waals surface area (Å²) < 4.78 is 20.7. The molecule has 0 aromatic heterocycles. The van der Waals surface area contributed by atoms with Gasteiger partial charge in [0.15, 0.2) is 34.6 Å². The van der Waals surface area contributed by atoms with Gasteiger partial charge in [-0.1, -0.05) is 15.9 Å². The van der Waals surface area contributed by atoms with Crippen LogP contribution in [0, 0.1) is 0 Å². The number of halogens is 1. The minimum atomic E-state index is -1.04. The van der Waals surface area contributed by atoms with Gasteiger partial charge in [-0.05, 0) is 36.4 Å². The molecule has 0 saturated carbocycles. The van der Waals surface area contributed by atoms with Gasteiger partial charge in [-0.3, -0.25) is 9.59 Å². The minimum Gasteiger partial charge on any atom is -0.493 e. The molecule has 138 valence electrons. The second-order valence-corrected chi connectivity index (χ2v) is 6.15. The van der Waals surface area contributed by atoms with Gasteiger partial charge in [-0.2, -0.15) is 0 Å². The standard InChI is InChI=1S/C19H19BrO6/c1-23-13-7-5-11(9-15(13)25-3)18(21)17(20)19(22)12-6-8-14(24-2)16(10-12)26-4/h5-10,17H,1-4H3. The Hall–Kier alpha value is -2.54. The van der Waals surface area contributed by atoms with E-state index in [0.29, 0.717) is 34.1 Å². The number of rotatable bonds is 8. The van der Waals surface area contributed by atoms with Crippen molar-refractivity contribution in [3.8, 4) is 23.0 Å². The van der Waals surface area contributed by atoms with Crippen molar-refractivity contribution in [3.05, 3.63) is 47.5 Å². The normalized spacial score (nSPS) is 10.4. The average Bonchev–Trinajstić information content (AvgIpc) is 2.70. The predicted molar refractivity (Wildman–Crippen MR) is 100 cm³/mol. The van der Waals surface area contributed by atoms with Crippen LogP contribution >= 0.6 is 15.9 Å². The second-order valence-electron chi connectivity index (χ2n) is 5.23. The number of hydrogen-bond donors (Lipinski definition) is 0. The monoisotopic (exact) mass is 422 g/mol. The molecule has 0 bridgehead atoms. The zero-order chi connectivity index (χ0) is 19.3. The second kappa shape index (κ2) is 8.71. The fourth-order valence-electron chi connectivity index (χ4n) is 2.39. The lowest BCUT2D eigenvalue weighted by Gasteiger charge is -2.13. The number of ether oxygens (including phenoxy) is 4. The lowest BCUT2D eigenvalue weighted by molar-refractivity contribution is 0.0906. The van der Waals surface area contributed by atoms with E-state index in [2.05, 4.69) is 15.9 Å². The molecule has 7 heteroatoms. The number of carbonyl (C=O) groups excluding carboxylic acids is 2. The Morgan fingerprint density at radius 1 is 0.692 bits per heavy atom. The smallest absolute Gasteiger partial charge is 0.184 e. The highest BCUT2D eigenvalue weighted by Crippen LogP contribution is 2.31. The molecule has 0 spiro atoms. The topological polar surface area (TPSA) is 71.1 Å². The summed E-state index contributed by atoms with van der Waals surface area (Å²) in [5.74, 6) is 1.06. The highest BCUT2D eigenvalue weighted by molar-refractivity contribution is 9.10. The van der Waals surface area contributed by atoms with E-state index in [0.717, 1.165) is 0 Å². The quantitative estimate of drug-likeness (QED) is 0.368. The van der Waals surface area contributed by atoms with E-state index in [9.17, 15) is 9.59 Å². The third kappa shape index (κ3) is 3.99. The fraction of sp³-hybridized carbons (Fsp3) is 0.263. The predicted octanol–water partition coefficient (Wildman–Crippen LogP) is 3.55. The maximum atomic E-state index is 12.7. The number of benzene rings is 2. The maximum absolute atomic E-state index is 12.7. The zero-order valence-electron chi connectivity index (χ0n) is 14.9. The van der Waals surface area contributed by atoms with Crippen molar-refractivity contribution in [1.82, 2.24) is 0 Å². The molecule has 2 aromatic rings. The van der Waals surface area contributed by atoms with Gasteiger partial charge in [0.2, 0.25) is 0 Å². The number of ketones is 2. The highest BCUT2D eigenvalue weighted by Gasteiger charge is 2.27. The molecule has 0 heterocycles. The van der Waals surface area contributed by atoms with Crippen molar-refractivity contribution in [2.45, 2.75) is 4.83 Å². The van der Waals surface area contributed by atoms with E-state index >= 15 is 0 Å². The summed E-state index contributed by atoms with van der Waals surface area (Å²) in [7, 11) is 5.97. The molecule has 0 N–H and O–H groups in total. The molecule has 26 heavy (non-hydrogen) atoms. The first-order chi connectivity index (χ1) is 12.5. The number of Topliss-reactive ketones (excluding diaryl/α,β-unsaturated/α-hetero) is 2. The Balaban J connectivity index is 2.29. The van der Waals surface area contributed by atoms with Crippen LogP contribution in [0.15, 0.2) is 36.4 Å². The Morgan fingerprint density at radius 2 is 1.04 bits per heavy atom. The van der Waals surface area contributed by atoms with Crippen LogP contribution in [0.2, 0.25) is 0 Å². The molecule has 0 atom stereocenters. The van der Waals surface area contributed by atoms with Crippen LogP contribution in [-0.4, -0.2) is 44.8 Å². The molecule has 2 aromatic carbocycles. The van der Waals surface area contributed by atoms with E-state index in [1.165, 1.54) is 40.6 Å². The number of methoxy groups -OCH3 is 4. The first kappa shape index (κ1) is 19.8. The molecule has 6 nitrogen and oxygen atoms in total. The van der Waals surface area contributed by atoms with E-state index in [-0.39, 0.29) is 11.6 Å². The zero-order valence-corrected chi connectivity index (χ0v) is 16.5. The molecular weight excluding hydrogens is 404 g/mol. The minimum absolute atomic E-state index is 0.332. The largest absolute Gasteiger partial charge is 0.493 e. The van der Waals surface area contributed by atoms with E-state index in [1.807, 2.05) is 0 Å². The van der Waals surface area contributed by atoms with Crippen molar-refractivity contribution in [2.24, 2.45) is 0 Å². The van der Waals surface area contributed by atoms with Crippen molar-refractivity contribution >= 4 is 27.5 Å². The summed E-state index contributed by atoms with van der Waals surface area (Å²) in [4.78, 5) is 24.3. The van der Waals surface area contributed by atoms with Crippen LogP contribution in [0.1, 0.15) is 20.7 Å². The third-order valence-corrected chi connectivity index (χ3v) is 4.63. The SMILES string of the molecule is COc1ccc(C(=O)C(Br)C(=O)c2ccc(OC)c(OC)c2)cc1OC. The van der Waals surface area contributed by atoms with Crippen LogP contribution in [0.25, 0.3) is 0 Å². The van der Waals surface area contributed by atoms with Gasteiger partial charge >= 0.3 is 0 Å². The molecule has 0 fully saturated rings. The van der Waals surface area contributed by atoms with Gasteiger partial charge in [-0.15, -0.1) is 0 Å². The van der Waals surface area contributed by atoms with Crippen molar-refractivity contribution in [3.63, 3.8) is 0 Å². The van der Waals surface area contributed by atoms with Gasteiger partial charge < -0.3 is 18.9 Å². The van der Waals surface area contributed by atoms with Gasteiger partial charge in [0.05, 0.1) is 28.4 Å².